The Morgan fingerprint density at radius 3 is 3.21 bits per heavy atom. The van der Waals surface area contributed by atoms with Crippen molar-refractivity contribution < 1.29 is 4.79 Å². The van der Waals surface area contributed by atoms with E-state index in [2.05, 4.69) is 10.3 Å². The number of piperidine rings is 2. The zero-order chi connectivity index (χ0) is 13.1. The molecule has 1 aromatic heterocycles. The van der Waals surface area contributed by atoms with Gasteiger partial charge in [0.1, 0.15) is 0 Å². The predicted molar refractivity (Wildman–Crippen MR) is 73.7 cm³/mol. The molecule has 2 aliphatic heterocycles. The fourth-order valence-corrected chi connectivity index (χ4v) is 3.24. The van der Waals surface area contributed by atoms with Crippen molar-refractivity contribution in [3.8, 4) is 0 Å². The summed E-state index contributed by atoms with van der Waals surface area (Å²) in [4.78, 5) is 18.6. The highest BCUT2D eigenvalue weighted by atomic mass is 16.2. The smallest absolute Gasteiger partial charge is 0.228 e. The molecule has 0 unspecified atom stereocenters. The van der Waals surface area contributed by atoms with Crippen molar-refractivity contribution in [3.05, 3.63) is 30.1 Å². The summed E-state index contributed by atoms with van der Waals surface area (Å²) in [6.45, 7) is 2.95. The third-order valence-electron chi connectivity index (χ3n) is 4.30. The van der Waals surface area contributed by atoms with Crippen LogP contribution in [-0.2, 0) is 11.2 Å². The van der Waals surface area contributed by atoms with Gasteiger partial charge in [0.2, 0.25) is 5.91 Å². The number of nitrogens with one attached hydrogen (secondary N) is 1. The van der Waals surface area contributed by atoms with E-state index in [-0.39, 0.29) is 5.91 Å². The minimum atomic E-state index is 0.225. The lowest BCUT2D eigenvalue weighted by molar-refractivity contribution is -0.133. The van der Waals surface area contributed by atoms with Crippen molar-refractivity contribution in [2.75, 3.05) is 19.6 Å². The molecule has 2 atom stereocenters. The van der Waals surface area contributed by atoms with Crippen molar-refractivity contribution in [3.63, 3.8) is 0 Å². The summed E-state index contributed by atoms with van der Waals surface area (Å²) in [5, 5.41) is 3.58. The van der Waals surface area contributed by atoms with Crippen molar-refractivity contribution in [2.45, 2.75) is 31.7 Å². The molecule has 0 bridgehead atoms. The first kappa shape index (κ1) is 12.6. The predicted octanol–water partition coefficient (Wildman–Crippen LogP) is 1.22. The van der Waals surface area contributed by atoms with Gasteiger partial charge in [0.05, 0.1) is 6.42 Å². The zero-order valence-corrected chi connectivity index (χ0v) is 11.2. The number of aromatic nitrogens is 1. The minimum Gasteiger partial charge on any atom is -0.342 e. The first-order valence-corrected chi connectivity index (χ1v) is 7.24. The normalized spacial score (nSPS) is 26.8. The lowest BCUT2D eigenvalue weighted by atomic mass is 9.85. The van der Waals surface area contributed by atoms with Crippen molar-refractivity contribution in [2.24, 2.45) is 5.92 Å². The summed E-state index contributed by atoms with van der Waals surface area (Å²) < 4.78 is 0. The van der Waals surface area contributed by atoms with Crippen LogP contribution in [0.1, 0.15) is 25.0 Å². The molecule has 0 saturated carbocycles. The van der Waals surface area contributed by atoms with Gasteiger partial charge in [-0.2, -0.15) is 0 Å². The third kappa shape index (κ3) is 2.95. The number of hydrogen-bond donors (Lipinski definition) is 1. The molecule has 0 aliphatic carbocycles. The topological polar surface area (TPSA) is 45.2 Å². The van der Waals surface area contributed by atoms with Crippen molar-refractivity contribution >= 4 is 5.91 Å². The quantitative estimate of drug-likeness (QED) is 0.868. The van der Waals surface area contributed by atoms with Gasteiger partial charge in [0, 0.05) is 31.0 Å². The van der Waals surface area contributed by atoms with Gasteiger partial charge in [0.25, 0.3) is 0 Å². The van der Waals surface area contributed by atoms with E-state index in [9.17, 15) is 4.79 Å². The Morgan fingerprint density at radius 2 is 2.37 bits per heavy atom. The maximum atomic E-state index is 12.3. The second-order valence-electron chi connectivity index (χ2n) is 5.59. The summed E-state index contributed by atoms with van der Waals surface area (Å²) in [5.41, 5.74) is 0.872. The highest BCUT2D eigenvalue weighted by molar-refractivity contribution is 5.78. The molecule has 1 amide bonds. The maximum Gasteiger partial charge on any atom is 0.228 e. The Balaban J connectivity index is 1.59. The highest BCUT2D eigenvalue weighted by Crippen LogP contribution is 2.25. The molecule has 2 aliphatic rings. The average molecular weight is 259 g/mol. The maximum absolute atomic E-state index is 12.3. The van der Waals surface area contributed by atoms with E-state index >= 15 is 0 Å². The molecule has 4 heteroatoms. The highest BCUT2D eigenvalue weighted by Gasteiger charge is 2.32. The number of rotatable bonds is 2. The molecule has 19 heavy (non-hydrogen) atoms. The van der Waals surface area contributed by atoms with Gasteiger partial charge >= 0.3 is 0 Å². The summed E-state index contributed by atoms with van der Waals surface area (Å²) in [6.07, 6.45) is 5.78. The Kier molecular flexibility index (Phi) is 3.78. The van der Waals surface area contributed by atoms with Crippen LogP contribution >= 0.6 is 0 Å². The molecule has 0 aromatic carbocycles. The summed E-state index contributed by atoms with van der Waals surface area (Å²) in [6, 6.07) is 6.38. The number of likely N-dealkylation sites (tertiary alicyclic amines) is 1. The van der Waals surface area contributed by atoms with Crippen LogP contribution < -0.4 is 5.32 Å². The number of nitrogens with zero attached hydrogens (tertiary/aromatic N) is 2. The molecule has 3 rings (SSSR count). The van der Waals surface area contributed by atoms with Gasteiger partial charge < -0.3 is 10.2 Å². The molecular formula is C15H21N3O. The van der Waals surface area contributed by atoms with Gasteiger partial charge in [-0.3, -0.25) is 9.78 Å². The molecule has 0 radical (unpaired) electrons. The average Bonchev–Trinajstić information content (AvgIpc) is 2.48. The van der Waals surface area contributed by atoms with Crippen LogP contribution in [0.5, 0.6) is 0 Å². The van der Waals surface area contributed by atoms with E-state index in [1.54, 1.807) is 6.20 Å². The third-order valence-corrected chi connectivity index (χ3v) is 4.30. The fourth-order valence-electron chi connectivity index (χ4n) is 3.24. The Labute approximate surface area is 114 Å². The molecule has 1 aromatic rings. The number of pyridine rings is 1. The van der Waals surface area contributed by atoms with Crippen molar-refractivity contribution in [1.82, 2.24) is 15.2 Å². The first-order valence-electron chi connectivity index (χ1n) is 7.24. The van der Waals surface area contributed by atoms with Crippen LogP contribution in [0.4, 0.5) is 0 Å². The van der Waals surface area contributed by atoms with Gasteiger partial charge in [-0.1, -0.05) is 6.07 Å². The zero-order valence-electron chi connectivity index (χ0n) is 11.2. The fraction of sp³-hybridized carbons (Fsp3) is 0.600. The summed E-state index contributed by atoms with van der Waals surface area (Å²) in [7, 11) is 0. The van der Waals surface area contributed by atoms with Gasteiger partial charge in [-0.15, -0.1) is 0 Å². The van der Waals surface area contributed by atoms with Crippen LogP contribution in [0.15, 0.2) is 24.4 Å². The number of hydrogen-bond acceptors (Lipinski definition) is 3. The van der Waals surface area contributed by atoms with E-state index in [1.807, 2.05) is 23.1 Å². The van der Waals surface area contributed by atoms with E-state index in [4.69, 9.17) is 0 Å². The SMILES string of the molecule is O=C(Cc1ccccn1)N1CC[C@@H]2NCCC[C@@H]2C1. The lowest BCUT2D eigenvalue weighted by Crippen LogP contribution is -2.53. The van der Waals surface area contributed by atoms with Crippen LogP contribution in [0.2, 0.25) is 0 Å². The van der Waals surface area contributed by atoms with E-state index in [1.165, 1.54) is 12.8 Å². The number of amides is 1. The molecule has 1 N–H and O–H groups in total. The van der Waals surface area contributed by atoms with Crippen molar-refractivity contribution in [1.29, 1.82) is 0 Å². The largest absolute Gasteiger partial charge is 0.342 e. The van der Waals surface area contributed by atoms with Gasteiger partial charge in [0.15, 0.2) is 0 Å². The lowest BCUT2D eigenvalue weighted by Gasteiger charge is -2.41. The van der Waals surface area contributed by atoms with Gasteiger partial charge in [-0.25, -0.2) is 0 Å². The molecule has 2 fully saturated rings. The molecule has 4 nitrogen and oxygen atoms in total. The Morgan fingerprint density at radius 1 is 1.42 bits per heavy atom. The van der Waals surface area contributed by atoms with E-state index in [0.29, 0.717) is 18.4 Å². The molecule has 2 saturated heterocycles. The van der Waals surface area contributed by atoms with Crippen LogP contribution in [0, 0.1) is 5.92 Å². The monoisotopic (exact) mass is 259 g/mol. The first-order chi connectivity index (χ1) is 9.33. The van der Waals surface area contributed by atoms with Crippen LogP contribution in [0.3, 0.4) is 0 Å². The molecule has 0 spiro atoms. The summed E-state index contributed by atoms with van der Waals surface area (Å²) >= 11 is 0. The molecular weight excluding hydrogens is 238 g/mol. The number of carbonyl (C=O) groups is 1. The number of fused-ring (bicyclic) bond motifs is 1. The van der Waals surface area contributed by atoms with Crippen LogP contribution in [0.25, 0.3) is 0 Å². The summed E-state index contributed by atoms with van der Waals surface area (Å²) in [5.74, 6) is 0.873. The second kappa shape index (κ2) is 5.70. The second-order valence-corrected chi connectivity index (χ2v) is 5.59. The van der Waals surface area contributed by atoms with Crippen LogP contribution in [-0.4, -0.2) is 41.5 Å². The van der Waals surface area contributed by atoms with Gasteiger partial charge in [-0.05, 0) is 43.9 Å². The Bertz CT molecular complexity index is 434. The minimum absolute atomic E-state index is 0.225. The molecule has 3 heterocycles. The standard InChI is InChI=1S/C15H21N3O/c19-15(10-13-5-1-2-7-16-13)18-9-6-14-12(11-18)4-3-8-17-14/h1-2,5,7,12,14,17H,3-4,6,8-11H2/t12-,14+/m1/s1. The van der Waals surface area contributed by atoms with E-state index in [0.717, 1.165) is 31.7 Å². The molecule has 102 valence electrons. The Hall–Kier alpha value is -1.42. The number of carbonyl (C=O) groups excluding carboxylic acids is 1. The van der Waals surface area contributed by atoms with E-state index < -0.39 is 0 Å².